The molecule has 3 rings (SSSR count). The molecule has 1 aromatic rings. The number of piperidine rings is 1. The number of likely N-dealkylation sites (tertiary alicyclic amines) is 1. The van der Waals surface area contributed by atoms with Crippen molar-refractivity contribution in [3.63, 3.8) is 0 Å². The van der Waals surface area contributed by atoms with Gasteiger partial charge >= 0.3 is 0 Å². The second kappa shape index (κ2) is 7.19. The molecule has 1 saturated heterocycles. The summed E-state index contributed by atoms with van der Waals surface area (Å²) in [5.74, 6) is 0. The lowest BCUT2D eigenvalue weighted by Crippen LogP contribution is -2.49. The number of nitrogens with one attached hydrogen (secondary N) is 1. The van der Waals surface area contributed by atoms with Crippen molar-refractivity contribution in [2.75, 3.05) is 13.1 Å². The first-order valence-corrected chi connectivity index (χ1v) is 10.4. The molecule has 1 saturated carbocycles. The van der Waals surface area contributed by atoms with E-state index < -0.39 is 10.0 Å². The quantitative estimate of drug-likeness (QED) is 0.808. The molecule has 7 heteroatoms. The predicted octanol–water partition coefficient (Wildman–Crippen LogP) is 2.11. The van der Waals surface area contributed by atoms with Crippen LogP contribution in [0.5, 0.6) is 0 Å². The van der Waals surface area contributed by atoms with Crippen LogP contribution in [0.4, 0.5) is 0 Å². The third-order valence-electron chi connectivity index (χ3n) is 4.87. The van der Waals surface area contributed by atoms with Crippen molar-refractivity contribution in [2.45, 2.75) is 55.2 Å². The molecule has 23 heavy (non-hydrogen) atoms. The highest BCUT2D eigenvalue weighted by atomic mass is 79.9. The van der Waals surface area contributed by atoms with Gasteiger partial charge in [-0.1, -0.05) is 22.0 Å². The van der Waals surface area contributed by atoms with Gasteiger partial charge in [0.2, 0.25) is 10.0 Å². The number of hydrogen-bond donors (Lipinski definition) is 2. The molecule has 128 valence electrons. The van der Waals surface area contributed by atoms with Gasteiger partial charge in [-0.3, -0.25) is 4.90 Å². The second-order valence-corrected chi connectivity index (χ2v) is 9.08. The molecule has 0 aromatic heterocycles. The molecule has 5 nitrogen and oxygen atoms in total. The van der Waals surface area contributed by atoms with E-state index in [-0.39, 0.29) is 18.2 Å². The van der Waals surface area contributed by atoms with Crippen LogP contribution >= 0.6 is 15.9 Å². The van der Waals surface area contributed by atoms with Crippen molar-refractivity contribution < 1.29 is 13.5 Å². The van der Waals surface area contributed by atoms with Gasteiger partial charge in [-0.2, -0.15) is 0 Å². The van der Waals surface area contributed by atoms with Gasteiger partial charge in [0.15, 0.2) is 0 Å². The first kappa shape index (κ1) is 17.4. The topological polar surface area (TPSA) is 69.6 Å². The van der Waals surface area contributed by atoms with E-state index in [4.69, 9.17) is 0 Å². The normalized spacial score (nSPS) is 27.4. The van der Waals surface area contributed by atoms with Crippen molar-refractivity contribution >= 4 is 26.0 Å². The Morgan fingerprint density at radius 2 is 1.91 bits per heavy atom. The summed E-state index contributed by atoms with van der Waals surface area (Å²) in [4.78, 5) is 2.61. The van der Waals surface area contributed by atoms with E-state index in [1.807, 2.05) is 6.07 Å². The van der Waals surface area contributed by atoms with Gasteiger partial charge in [-0.25, -0.2) is 13.1 Å². The molecular formula is C16H23BrN2O3S. The van der Waals surface area contributed by atoms with Crippen LogP contribution in [-0.2, 0) is 10.0 Å². The number of halogens is 1. The van der Waals surface area contributed by atoms with Crippen molar-refractivity contribution in [1.82, 2.24) is 9.62 Å². The number of sulfonamides is 1. The SMILES string of the molecule is O=S(=O)(NC1CCN(C2CCCC2O)CC1)c1cccc(Br)c1. The molecule has 0 spiro atoms. The summed E-state index contributed by atoms with van der Waals surface area (Å²) in [5, 5.41) is 10.0. The lowest BCUT2D eigenvalue weighted by molar-refractivity contribution is 0.0545. The van der Waals surface area contributed by atoms with Gasteiger partial charge in [0.25, 0.3) is 0 Å². The van der Waals surface area contributed by atoms with Crippen LogP contribution in [0.15, 0.2) is 33.6 Å². The van der Waals surface area contributed by atoms with Crippen molar-refractivity contribution in [1.29, 1.82) is 0 Å². The molecule has 1 aromatic carbocycles. The van der Waals surface area contributed by atoms with Crippen LogP contribution in [0.3, 0.4) is 0 Å². The molecule has 2 aliphatic rings. The van der Waals surface area contributed by atoms with E-state index in [9.17, 15) is 13.5 Å². The lowest BCUT2D eigenvalue weighted by Gasteiger charge is -2.37. The Kier molecular flexibility index (Phi) is 5.42. The molecule has 0 radical (unpaired) electrons. The van der Waals surface area contributed by atoms with Gasteiger partial charge < -0.3 is 5.11 Å². The monoisotopic (exact) mass is 402 g/mol. The Labute approximate surface area is 146 Å². The van der Waals surface area contributed by atoms with Crippen LogP contribution in [0.25, 0.3) is 0 Å². The van der Waals surface area contributed by atoms with Gasteiger partial charge in [-0.05, 0) is 50.3 Å². The summed E-state index contributed by atoms with van der Waals surface area (Å²) in [6, 6.07) is 6.99. The van der Waals surface area contributed by atoms with Gasteiger partial charge in [0.05, 0.1) is 11.0 Å². The highest BCUT2D eigenvalue weighted by molar-refractivity contribution is 9.10. The number of hydrogen-bond acceptors (Lipinski definition) is 4. The zero-order chi connectivity index (χ0) is 16.4. The number of benzene rings is 1. The molecule has 2 N–H and O–H groups in total. The highest BCUT2D eigenvalue weighted by Crippen LogP contribution is 2.27. The molecule has 2 fully saturated rings. The fourth-order valence-corrected chi connectivity index (χ4v) is 5.52. The minimum atomic E-state index is -3.48. The van der Waals surface area contributed by atoms with Crippen LogP contribution in [-0.4, -0.2) is 49.7 Å². The summed E-state index contributed by atoms with van der Waals surface area (Å²) >= 11 is 3.31. The van der Waals surface area contributed by atoms with Crippen LogP contribution in [0, 0.1) is 0 Å². The predicted molar refractivity (Wildman–Crippen MR) is 92.7 cm³/mol. The van der Waals surface area contributed by atoms with Gasteiger partial charge in [-0.15, -0.1) is 0 Å². The van der Waals surface area contributed by atoms with Gasteiger partial charge in [0.1, 0.15) is 0 Å². The third-order valence-corrected chi connectivity index (χ3v) is 6.88. The van der Waals surface area contributed by atoms with Crippen LogP contribution < -0.4 is 4.72 Å². The maximum absolute atomic E-state index is 12.5. The Balaban J connectivity index is 1.58. The fourth-order valence-electron chi connectivity index (χ4n) is 3.62. The zero-order valence-electron chi connectivity index (χ0n) is 13.0. The average Bonchev–Trinajstić information content (AvgIpc) is 2.94. The lowest BCUT2D eigenvalue weighted by atomic mass is 10.0. The third kappa shape index (κ3) is 4.14. The molecular weight excluding hydrogens is 380 g/mol. The average molecular weight is 403 g/mol. The second-order valence-electron chi connectivity index (χ2n) is 6.45. The van der Waals surface area contributed by atoms with E-state index in [0.717, 1.165) is 49.7 Å². The summed E-state index contributed by atoms with van der Waals surface area (Å²) < 4.78 is 28.5. The minimum absolute atomic E-state index is 0.0335. The van der Waals surface area contributed by atoms with Crippen molar-refractivity contribution in [3.05, 3.63) is 28.7 Å². The Bertz CT molecular complexity index is 644. The minimum Gasteiger partial charge on any atom is -0.391 e. The standard InChI is InChI=1S/C16H23BrN2O3S/c17-12-3-1-4-14(11-12)23(21,22)18-13-7-9-19(10-8-13)15-5-2-6-16(15)20/h1,3-4,11,13,15-16,18,20H,2,5-10H2. The number of aliphatic hydroxyl groups excluding tert-OH is 1. The Morgan fingerprint density at radius 3 is 2.52 bits per heavy atom. The van der Waals surface area contributed by atoms with Crippen molar-refractivity contribution in [2.24, 2.45) is 0 Å². The first-order valence-electron chi connectivity index (χ1n) is 8.16. The molecule has 1 heterocycles. The van der Waals surface area contributed by atoms with E-state index >= 15 is 0 Å². The Morgan fingerprint density at radius 1 is 1.17 bits per heavy atom. The largest absolute Gasteiger partial charge is 0.391 e. The van der Waals surface area contributed by atoms with Crippen molar-refractivity contribution in [3.8, 4) is 0 Å². The van der Waals surface area contributed by atoms with E-state index in [0.29, 0.717) is 4.90 Å². The maximum atomic E-state index is 12.5. The first-order chi connectivity index (χ1) is 11.0. The number of rotatable bonds is 4. The summed E-state index contributed by atoms with van der Waals surface area (Å²) in [7, 11) is -3.48. The maximum Gasteiger partial charge on any atom is 0.240 e. The molecule has 2 unspecified atom stereocenters. The zero-order valence-corrected chi connectivity index (χ0v) is 15.4. The summed E-state index contributed by atoms with van der Waals surface area (Å²) in [5.41, 5.74) is 0. The Hall–Kier alpha value is -0.470. The smallest absolute Gasteiger partial charge is 0.240 e. The van der Waals surface area contributed by atoms with Gasteiger partial charge in [0, 0.05) is 29.6 Å². The fraction of sp³-hybridized carbons (Fsp3) is 0.625. The number of nitrogens with zero attached hydrogens (tertiary/aromatic N) is 1. The van der Waals surface area contributed by atoms with E-state index in [2.05, 4.69) is 25.6 Å². The molecule has 1 aliphatic carbocycles. The number of aliphatic hydroxyl groups is 1. The molecule has 1 aliphatic heterocycles. The van der Waals surface area contributed by atoms with E-state index in [1.165, 1.54) is 0 Å². The molecule has 0 amide bonds. The molecule has 2 atom stereocenters. The van der Waals surface area contributed by atoms with Crippen LogP contribution in [0.1, 0.15) is 32.1 Å². The van der Waals surface area contributed by atoms with Crippen LogP contribution in [0.2, 0.25) is 0 Å². The van der Waals surface area contributed by atoms with E-state index in [1.54, 1.807) is 18.2 Å². The molecule has 0 bridgehead atoms. The summed E-state index contributed by atoms with van der Waals surface area (Å²) in [6.45, 7) is 1.68. The highest BCUT2D eigenvalue weighted by Gasteiger charge is 2.33. The summed E-state index contributed by atoms with van der Waals surface area (Å²) in [6.07, 6.45) is 4.38.